The molecule has 2 N–H and O–H groups in total. The lowest BCUT2D eigenvalue weighted by atomic mass is 10.2. The van der Waals surface area contributed by atoms with Crippen molar-refractivity contribution in [1.29, 1.82) is 0 Å². The van der Waals surface area contributed by atoms with Gasteiger partial charge >= 0.3 is 11.9 Å². The van der Waals surface area contributed by atoms with E-state index in [1.807, 2.05) is 13.8 Å². The number of hydrogen-bond acceptors (Lipinski definition) is 8. The Morgan fingerprint density at radius 3 is 2.00 bits per heavy atom. The van der Waals surface area contributed by atoms with E-state index in [9.17, 15) is 27.6 Å². The molecule has 2 aromatic carbocycles. The first-order chi connectivity index (χ1) is 16.5. The van der Waals surface area contributed by atoms with Crippen LogP contribution in [0, 0.1) is 5.92 Å². The Bertz CT molecular complexity index is 1160. The van der Waals surface area contributed by atoms with E-state index in [0.717, 1.165) is 0 Å². The predicted molar refractivity (Wildman–Crippen MR) is 129 cm³/mol. The minimum absolute atomic E-state index is 0.00585. The summed E-state index contributed by atoms with van der Waals surface area (Å²) in [5, 5.41) is 5.04. The van der Waals surface area contributed by atoms with Gasteiger partial charge in [0.1, 0.15) is 0 Å². The summed E-state index contributed by atoms with van der Waals surface area (Å²) in [4.78, 5) is 46.9. The van der Waals surface area contributed by atoms with Crippen LogP contribution in [0.25, 0.3) is 0 Å². The summed E-state index contributed by atoms with van der Waals surface area (Å²) in [5.41, 5.74) is 1.17. The first-order valence-electron chi connectivity index (χ1n) is 10.8. The number of nitrogens with one attached hydrogen (secondary N) is 2. The molecule has 0 radical (unpaired) electrons. The largest absolute Gasteiger partial charge is 0.462 e. The van der Waals surface area contributed by atoms with Gasteiger partial charge in [-0.2, -0.15) is 0 Å². The van der Waals surface area contributed by atoms with Crippen LogP contribution in [0.2, 0.25) is 0 Å². The van der Waals surface area contributed by atoms with Gasteiger partial charge in [-0.3, -0.25) is 14.4 Å². The molecule has 35 heavy (non-hydrogen) atoms. The lowest BCUT2D eigenvalue weighted by molar-refractivity contribution is -0.146. The number of rotatable bonds is 11. The van der Waals surface area contributed by atoms with Gasteiger partial charge in [-0.15, -0.1) is 0 Å². The van der Waals surface area contributed by atoms with E-state index in [1.165, 1.54) is 55.5 Å². The summed E-state index contributed by atoms with van der Waals surface area (Å²) in [7, 11) is -3.76. The van der Waals surface area contributed by atoms with Crippen molar-refractivity contribution in [3.63, 3.8) is 0 Å². The molecule has 0 bridgehead atoms. The summed E-state index contributed by atoms with van der Waals surface area (Å²) in [6.45, 7) is 4.88. The van der Waals surface area contributed by atoms with Gasteiger partial charge in [-0.05, 0) is 54.4 Å². The molecule has 0 aliphatic heterocycles. The molecule has 2 aromatic rings. The van der Waals surface area contributed by atoms with Crippen LogP contribution < -0.4 is 10.6 Å². The van der Waals surface area contributed by atoms with Crippen LogP contribution in [0.3, 0.4) is 0 Å². The highest BCUT2D eigenvalue weighted by Crippen LogP contribution is 2.16. The Morgan fingerprint density at radius 1 is 0.857 bits per heavy atom. The molecule has 0 saturated heterocycles. The van der Waals surface area contributed by atoms with Gasteiger partial charge < -0.3 is 20.1 Å². The summed E-state index contributed by atoms with van der Waals surface area (Å²) >= 11 is 0. The molecule has 0 fully saturated rings. The van der Waals surface area contributed by atoms with E-state index in [0.29, 0.717) is 23.5 Å². The fourth-order valence-corrected chi connectivity index (χ4v) is 3.94. The lowest BCUT2D eigenvalue weighted by Gasteiger charge is -2.09. The smallest absolute Gasteiger partial charge is 0.338 e. The second-order valence-corrected chi connectivity index (χ2v) is 10.2. The van der Waals surface area contributed by atoms with Crippen LogP contribution >= 0.6 is 0 Å². The van der Waals surface area contributed by atoms with Crippen molar-refractivity contribution in [2.45, 2.75) is 32.1 Å². The van der Waals surface area contributed by atoms with Crippen molar-refractivity contribution in [1.82, 2.24) is 0 Å². The number of sulfone groups is 1. The zero-order valence-corrected chi connectivity index (χ0v) is 20.5. The van der Waals surface area contributed by atoms with E-state index in [2.05, 4.69) is 10.6 Å². The predicted octanol–water partition coefficient (Wildman–Crippen LogP) is 2.80. The number of esters is 2. The Morgan fingerprint density at radius 2 is 1.43 bits per heavy atom. The van der Waals surface area contributed by atoms with Crippen molar-refractivity contribution in [2.75, 3.05) is 29.6 Å². The second kappa shape index (κ2) is 12.7. The molecule has 188 valence electrons. The van der Waals surface area contributed by atoms with Gasteiger partial charge in [-0.25, -0.2) is 13.2 Å². The van der Waals surface area contributed by atoms with E-state index in [-0.39, 0.29) is 16.7 Å². The molecule has 0 heterocycles. The number of carbonyl (C=O) groups excluding carboxylic acids is 4. The van der Waals surface area contributed by atoms with Gasteiger partial charge in [0.05, 0.1) is 29.2 Å². The quantitative estimate of drug-likeness (QED) is 0.445. The number of anilines is 2. The molecule has 0 saturated carbocycles. The Hall–Kier alpha value is -3.73. The van der Waals surface area contributed by atoms with E-state index in [4.69, 9.17) is 9.47 Å². The minimum atomic E-state index is -3.76. The molecule has 2 amide bonds. The average Bonchev–Trinajstić information content (AvgIpc) is 2.80. The normalized spacial score (nSPS) is 11.0. The fourth-order valence-electron chi connectivity index (χ4n) is 2.72. The summed E-state index contributed by atoms with van der Waals surface area (Å²) in [6.07, 6.45) is -0.434. The van der Waals surface area contributed by atoms with Gasteiger partial charge in [-0.1, -0.05) is 13.8 Å². The second-order valence-electron chi connectivity index (χ2n) is 8.05. The van der Waals surface area contributed by atoms with Crippen molar-refractivity contribution in [3.8, 4) is 0 Å². The highest BCUT2D eigenvalue weighted by molar-refractivity contribution is 7.91. The zero-order valence-electron chi connectivity index (χ0n) is 19.7. The van der Waals surface area contributed by atoms with Crippen LogP contribution in [-0.4, -0.2) is 51.1 Å². The maximum atomic E-state index is 12.4. The summed E-state index contributed by atoms with van der Waals surface area (Å²) in [6, 6.07) is 11.6. The third-order valence-electron chi connectivity index (χ3n) is 4.43. The average molecular weight is 505 g/mol. The Labute approximate surface area is 203 Å². The van der Waals surface area contributed by atoms with E-state index < -0.39 is 46.5 Å². The monoisotopic (exact) mass is 504 g/mol. The SMILES string of the molecule is CC(=O)Nc1ccc(S(=O)(=O)CCC(=O)OCC(=O)Nc2ccc(C(=O)OCC(C)C)cc2)cc1. The van der Waals surface area contributed by atoms with Crippen molar-refractivity contribution < 1.29 is 37.1 Å². The maximum Gasteiger partial charge on any atom is 0.338 e. The van der Waals surface area contributed by atoms with E-state index >= 15 is 0 Å². The molecular formula is C24H28N2O8S. The molecule has 0 aliphatic carbocycles. The first kappa shape index (κ1) is 27.5. The summed E-state index contributed by atoms with van der Waals surface area (Å²) in [5.74, 6) is -2.51. The summed E-state index contributed by atoms with van der Waals surface area (Å²) < 4.78 is 34.8. The van der Waals surface area contributed by atoms with Crippen LogP contribution in [-0.2, 0) is 33.7 Å². The molecule has 0 unspecified atom stereocenters. The molecule has 2 rings (SSSR count). The van der Waals surface area contributed by atoms with Gasteiger partial charge in [0.2, 0.25) is 5.91 Å². The molecule has 0 aliphatic rings. The number of benzene rings is 2. The van der Waals surface area contributed by atoms with Crippen LogP contribution in [0.4, 0.5) is 11.4 Å². The molecule has 0 aromatic heterocycles. The molecule has 11 heteroatoms. The maximum absolute atomic E-state index is 12.4. The first-order valence-corrected chi connectivity index (χ1v) is 12.4. The number of carbonyl (C=O) groups is 4. The molecule has 10 nitrogen and oxygen atoms in total. The third-order valence-corrected chi connectivity index (χ3v) is 6.16. The Kier molecular flexibility index (Phi) is 9.95. The van der Waals surface area contributed by atoms with Crippen molar-refractivity contribution in [3.05, 3.63) is 54.1 Å². The molecular weight excluding hydrogens is 476 g/mol. The molecule has 0 atom stereocenters. The highest BCUT2D eigenvalue weighted by Gasteiger charge is 2.18. The minimum Gasteiger partial charge on any atom is -0.462 e. The topological polar surface area (TPSA) is 145 Å². The lowest BCUT2D eigenvalue weighted by Crippen LogP contribution is -2.22. The van der Waals surface area contributed by atoms with Crippen LogP contribution in [0.15, 0.2) is 53.4 Å². The number of ether oxygens (including phenoxy) is 2. The van der Waals surface area contributed by atoms with Crippen molar-refractivity contribution in [2.24, 2.45) is 5.92 Å². The number of amides is 2. The van der Waals surface area contributed by atoms with Crippen LogP contribution in [0.5, 0.6) is 0 Å². The van der Waals surface area contributed by atoms with Gasteiger partial charge in [0.15, 0.2) is 16.4 Å². The zero-order chi connectivity index (χ0) is 26.0. The van der Waals surface area contributed by atoms with Gasteiger partial charge in [0, 0.05) is 18.3 Å². The molecule has 0 spiro atoms. The third kappa shape index (κ3) is 9.57. The Balaban J connectivity index is 1.78. The fraction of sp³-hybridized carbons (Fsp3) is 0.333. The van der Waals surface area contributed by atoms with Crippen LogP contribution in [0.1, 0.15) is 37.6 Å². The highest BCUT2D eigenvalue weighted by atomic mass is 32.2. The number of hydrogen-bond donors (Lipinski definition) is 2. The standard InChI is InChI=1S/C24H28N2O8S/c1-16(2)14-34-24(30)18-4-6-20(7-5-18)26-22(28)15-33-23(29)12-13-35(31,32)21-10-8-19(9-11-21)25-17(3)27/h4-11,16H,12-15H2,1-3H3,(H,25,27)(H,26,28). The van der Waals surface area contributed by atoms with Crippen molar-refractivity contribution >= 4 is 45.0 Å². The van der Waals surface area contributed by atoms with E-state index in [1.54, 1.807) is 0 Å². The van der Waals surface area contributed by atoms with Gasteiger partial charge in [0.25, 0.3) is 5.91 Å².